The second kappa shape index (κ2) is 9.31. The van der Waals surface area contributed by atoms with Crippen LogP contribution in [0.15, 0.2) is 97.1 Å². The summed E-state index contributed by atoms with van der Waals surface area (Å²) in [5.41, 5.74) is 7.53. The first-order chi connectivity index (χ1) is 15.6. The Balaban J connectivity index is 1.50. The highest BCUT2D eigenvalue weighted by molar-refractivity contribution is 5.90. The number of rotatable bonds is 5. The molecule has 0 spiro atoms. The summed E-state index contributed by atoms with van der Waals surface area (Å²) in [6.45, 7) is 0. The molecule has 0 saturated carbocycles. The average Bonchev–Trinajstić information content (AvgIpc) is 2.88. The van der Waals surface area contributed by atoms with E-state index in [1.807, 2.05) is 24.3 Å². The van der Waals surface area contributed by atoms with E-state index in [0.29, 0.717) is 11.1 Å². The van der Waals surface area contributed by atoms with Crippen molar-refractivity contribution in [3.8, 4) is 33.4 Å². The lowest BCUT2D eigenvalue weighted by molar-refractivity contribution is 0.0592. The third-order valence-corrected chi connectivity index (χ3v) is 5.38. The van der Waals surface area contributed by atoms with E-state index in [1.165, 1.54) is 14.2 Å². The van der Waals surface area contributed by atoms with Crippen molar-refractivity contribution in [1.29, 1.82) is 0 Å². The predicted molar refractivity (Wildman–Crippen MR) is 125 cm³/mol. The van der Waals surface area contributed by atoms with Crippen LogP contribution in [-0.4, -0.2) is 26.2 Å². The normalized spacial score (nSPS) is 10.4. The molecule has 4 rings (SSSR count). The zero-order valence-corrected chi connectivity index (χ0v) is 17.9. The molecule has 0 heterocycles. The number of ether oxygens (including phenoxy) is 2. The van der Waals surface area contributed by atoms with E-state index < -0.39 is 0 Å². The van der Waals surface area contributed by atoms with Crippen molar-refractivity contribution in [2.45, 2.75) is 0 Å². The highest BCUT2D eigenvalue weighted by atomic mass is 16.5. The molecule has 0 aliphatic rings. The summed E-state index contributed by atoms with van der Waals surface area (Å²) in [4.78, 5) is 23.2. The molecule has 0 unspecified atom stereocenters. The van der Waals surface area contributed by atoms with Gasteiger partial charge in [-0.1, -0.05) is 72.8 Å². The Labute approximate surface area is 187 Å². The van der Waals surface area contributed by atoms with E-state index in [2.05, 4.69) is 48.5 Å². The van der Waals surface area contributed by atoms with Crippen LogP contribution in [0.25, 0.3) is 33.4 Å². The lowest BCUT2D eigenvalue weighted by atomic mass is 9.97. The lowest BCUT2D eigenvalue weighted by Gasteiger charge is -2.08. The Morgan fingerprint density at radius 2 is 0.594 bits per heavy atom. The van der Waals surface area contributed by atoms with Gasteiger partial charge < -0.3 is 9.47 Å². The molecule has 0 atom stereocenters. The largest absolute Gasteiger partial charge is 0.465 e. The highest BCUT2D eigenvalue weighted by Crippen LogP contribution is 2.28. The number of hydrogen-bond donors (Lipinski definition) is 0. The Hall–Kier alpha value is -4.18. The van der Waals surface area contributed by atoms with E-state index in [9.17, 15) is 9.59 Å². The van der Waals surface area contributed by atoms with E-state index in [4.69, 9.17) is 9.47 Å². The van der Waals surface area contributed by atoms with E-state index in [0.717, 1.165) is 33.4 Å². The number of esters is 2. The van der Waals surface area contributed by atoms with Crippen molar-refractivity contribution in [2.75, 3.05) is 14.2 Å². The molecular formula is C28H22O4. The Morgan fingerprint density at radius 1 is 0.406 bits per heavy atom. The average molecular weight is 422 g/mol. The van der Waals surface area contributed by atoms with Crippen LogP contribution in [0.4, 0.5) is 0 Å². The summed E-state index contributed by atoms with van der Waals surface area (Å²) < 4.78 is 9.49. The molecule has 4 heteroatoms. The van der Waals surface area contributed by atoms with Crippen molar-refractivity contribution in [2.24, 2.45) is 0 Å². The summed E-state index contributed by atoms with van der Waals surface area (Å²) in [6.07, 6.45) is 0. The molecular weight excluding hydrogens is 400 g/mol. The van der Waals surface area contributed by atoms with E-state index in [1.54, 1.807) is 24.3 Å². The van der Waals surface area contributed by atoms with Gasteiger partial charge in [0.2, 0.25) is 0 Å². The summed E-state index contributed by atoms with van der Waals surface area (Å²) in [7, 11) is 2.75. The van der Waals surface area contributed by atoms with Crippen molar-refractivity contribution in [3.05, 3.63) is 108 Å². The third-order valence-electron chi connectivity index (χ3n) is 5.38. The van der Waals surface area contributed by atoms with Crippen LogP contribution in [0.2, 0.25) is 0 Å². The van der Waals surface area contributed by atoms with Crippen LogP contribution in [0.1, 0.15) is 20.7 Å². The van der Waals surface area contributed by atoms with E-state index >= 15 is 0 Å². The van der Waals surface area contributed by atoms with Gasteiger partial charge in [0.25, 0.3) is 0 Å². The van der Waals surface area contributed by atoms with Gasteiger partial charge in [0, 0.05) is 0 Å². The van der Waals surface area contributed by atoms with Gasteiger partial charge in [0.05, 0.1) is 25.3 Å². The summed E-state index contributed by atoms with van der Waals surface area (Å²) >= 11 is 0. The zero-order chi connectivity index (χ0) is 22.5. The molecule has 0 amide bonds. The van der Waals surface area contributed by atoms with Crippen LogP contribution in [0.5, 0.6) is 0 Å². The van der Waals surface area contributed by atoms with Crippen molar-refractivity contribution < 1.29 is 19.1 Å². The van der Waals surface area contributed by atoms with Gasteiger partial charge in [-0.2, -0.15) is 0 Å². The molecule has 158 valence electrons. The Kier molecular flexibility index (Phi) is 6.13. The molecule has 0 aliphatic carbocycles. The molecule has 0 N–H and O–H groups in total. The predicted octanol–water partition coefficient (Wildman–Crippen LogP) is 6.26. The molecule has 4 aromatic carbocycles. The molecule has 4 nitrogen and oxygen atoms in total. The summed E-state index contributed by atoms with van der Waals surface area (Å²) in [5.74, 6) is -0.676. The number of carbonyl (C=O) groups excluding carboxylic acids is 2. The second-order valence-corrected chi connectivity index (χ2v) is 7.29. The van der Waals surface area contributed by atoms with Gasteiger partial charge >= 0.3 is 11.9 Å². The fourth-order valence-corrected chi connectivity index (χ4v) is 3.54. The highest BCUT2D eigenvalue weighted by Gasteiger charge is 2.07. The monoisotopic (exact) mass is 422 g/mol. The van der Waals surface area contributed by atoms with Gasteiger partial charge in [0.1, 0.15) is 0 Å². The molecule has 32 heavy (non-hydrogen) atoms. The van der Waals surface area contributed by atoms with Crippen molar-refractivity contribution >= 4 is 11.9 Å². The number of hydrogen-bond acceptors (Lipinski definition) is 4. The molecule has 0 saturated heterocycles. The fraction of sp³-hybridized carbons (Fsp3) is 0.0714. The van der Waals surface area contributed by atoms with Crippen LogP contribution < -0.4 is 0 Å². The molecule has 0 radical (unpaired) electrons. The maximum absolute atomic E-state index is 11.6. The minimum absolute atomic E-state index is 0.338. The Morgan fingerprint density at radius 3 is 0.781 bits per heavy atom. The maximum atomic E-state index is 11.6. The van der Waals surface area contributed by atoms with Gasteiger partial charge in [0.15, 0.2) is 0 Å². The van der Waals surface area contributed by atoms with Crippen LogP contribution in [0, 0.1) is 0 Å². The standard InChI is InChI=1S/C28H22O4/c1-31-27(29)25-15-11-23(12-16-25)21-7-3-19(4-8-21)20-5-9-22(10-6-20)24-13-17-26(18-14-24)28(30)32-2/h3-18H,1-2H3. The van der Waals surface area contributed by atoms with Crippen molar-refractivity contribution in [1.82, 2.24) is 0 Å². The first-order valence-corrected chi connectivity index (χ1v) is 10.2. The molecule has 0 aliphatic heterocycles. The van der Waals surface area contributed by atoms with Gasteiger partial charge in [-0.15, -0.1) is 0 Å². The third kappa shape index (κ3) is 4.44. The quantitative estimate of drug-likeness (QED) is 0.356. The minimum Gasteiger partial charge on any atom is -0.465 e. The molecule has 0 fully saturated rings. The number of benzene rings is 4. The first-order valence-electron chi connectivity index (χ1n) is 10.2. The molecule has 0 bridgehead atoms. The Bertz CT molecular complexity index is 1120. The topological polar surface area (TPSA) is 52.6 Å². The van der Waals surface area contributed by atoms with Crippen LogP contribution in [-0.2, 0) is 9.47 Å². The summed E-state index contributed by atoms with van der Waals surface area (Å²) in [5, 5.41) is 0. The maximum Gasteiger partial charge on any atom is 0.337 e. The number of carbonyl (C=O) groups is 2. The van der Waals surface area contributed by atoms with E-state index in [-0.39, 0.29) is 11.9 Å². The summed E-state index contributed by atoms with van der Waals surface area (Å²) in [6, 6.07) is 31.4. The fourth-order valence-electron chi connectivity index (χ4n) is 3.54. The van der Waals surface area contributed by atoms with Gasteiger partial charge in [-0.05, 0) is 57.6 Å². The zero-order valence-electron chi connectivity index (χ0n) is 17.9. The smallest absolute Gasteiger partial charge is 0.337 e. The molecule has 4 aromatic rings. The number of methoxy groups -OCH3 is 2. The first kappa shape index (κ1) is 21.1. The van der Waals surface area contributed by atoms with Crippen molar-refractivity contribution in [3.63, 3.8) is 0 Å². The van der Waals surface area contributed by atoms with Crippen LogP contribution in [0.3, 0.4) is 0 Å². The van der Waals surface area contributed by atoms with Crippen LogP contribution >= 0.6 is 0 Å². The minimum atomic E-state index is -0.338. The van der Waals surface area contributed by atoms with Gasteiger partial charge in [-0.3, -0.25) is 0 Å². The lowest BCUT2D eigenvalue weighted by Crippen LogP contribution is -2.00. The van der Waals surface area contributed by atoms with Gasteiger partial charge in [-0.25, -0.2) is 9.59 Å². The SMILES string of the molecule is COC(=O)c1ccc(-c2ccc(-c3ccc(-c4ccc(C(=O)OC)cc4)cc3)cc2)cc1. The second-order valence-electron chi connectivity index (χ2n) is 7.29. The molecule has 0 aromatic heterocycles.